The SMILES string of the molecule is COc1ccc(C(=O)c2cnn(C)c2OC(=O)c2ccc([N+](=O)[O-])cc2)c(Cl)c1N=S1(=O)CCCCC1. The highest BCUT2D eigenvalue weighted by atomic mass is 35.5. The first kappa shape index (κ1) is 26.3. The number of carbonyl (C=O) groups is 2. The molecule has 0 saturated carbocycles. The predicted octanol–water partition coefficient (Wildman–Crippen LogP) is 4.72. The van der Waals surface area contributed by atoms with E-state index in [0.29, 0.717) is 11.5 Å². The van der Waals surface area contributed by atoms with Crippen LogP contribution in [0.3, 0.4) is 0 Å². The van der Waals surface area contributed by atoms with Gasteiger partial charge in [-0.3, -0.25) is 14.9 Å². The van der Waals surface area contributed by atoms with E-state index in [9.17, 15) is 23.9 Å². The Hall–Kier alpha value is -3.77. The number of aromatic nitrogens is 2. The number of non-ortho nitro benzene ring substituents is 1. The number of ketones is 1. The smallest absolute Gasteiger partial charge is 0.344 e. The molecule has 1 aromatic heterocycles. The first-order chi connectivity index (χ1) is 17.6. The third-order valence-corrected chi connectivity index (χ3v) is 8.61. The van der Waals surface area contributed by atoms with Gasteiger partial charge in [-0.05, 0) is 37.1 Å². The van der Waals surface area contributed by atoms with Crippen molar-refractivity contribution in [3.8, 4) is 11.6 Å². The van der Waals surface area contributed by atoms with Crippen molar-refractivity contribution in [2.45, 2.75) is 19.3 Å². The second-order valence-corrected chi connectivity index (χ2v) is 11.2. The monoisotopic (exact) mass is 546 g/mol. The van der Waals surface area contributed by atoms with E-state index in [1.54, 1.807) is 0 Å². The van der Waals surface area contributed by atoms with E-state index in [-0.39, 0.29) is 44.7 Å². The molecule has 37 heavy (non-hydrogen) atoms. The largest absolute Gasteiger partial charge is 0.494 e. The van der Waals surface area contributed by atoms with Crippen LogP contribution >= 0.6 is 11.6 Å². The number of ether oxygens (including phenoxy) is 2. The van der Waals surface area contributed by atoms with Crippen LogP contribution in [-0.2, 0) is 16.8 Å². The summed E-state index contributed by atoms with van der Waals surface area (Å²) < 4.78 is 29.7. The van der Waals surface area contributed by atoms with Gasteiger partial charge in [0.05, 0.1) is 38.5 Å². The molecule has 1 aliphatic rings. The number of nitro groups is 1. The summed E-state index contributed by atoms with van der Waals surface area (Å²) in [4.78, 5) is 36.5. The maximum Gasteiger partial charge on any atom is 0.344 e. The highest BCUT2D eigenvalue weighted by molar-refractivity contribution is 7.93. The van der Waals surface area contributed by atoms with Crippen LogP contribution in [0.4, 0.5) is 11.4 Å². The van der Waals surface area contributed by atoms with Gasteiger partial charge in [-0.2, -0.15) is 9.46 Å². The molecule has 13 heteroatoms. The van der Waals surface area contributed by atoms with Gasteiger partial charge >= 0.3 is 5.97 Å². The molecule has 2 heterocycles. The number of benzene rings is 2. The number of rotatable bonds is 7. The number of hydrogen-bond donors (Lipinski definition) is 0. The molecule has 0 atom stereocenters. The van der Waals surface area contributed by atoms with Crippen molar-refractivity contribution in [2.24, 2.45) is 11.4 Å². The normalized spacial score (nSPS) is 14.6. The maximum atomic E-state index is 13.5. The van der Waals surface area contributed by atoms with Crippen LogP contribution in [-0.4, -0.2) is 49.3 Å². The lowest BCUT2D eigenvalue weighted by molar-refractivity contribution is -0.384. The van der Waals surface area contributed by atoms with Gasteiger partial charge in [0.15, 0.2) is 0 Å². The Bertz CT molecular complexity index is 1500. The van der Waals surface area contributed by atoms with Gasteiger partial charge in [-0.1, -0.05) is 18.0 Å². The minimum absolute atomic E-state index is 0.0332. The molecular formula is C24H23ClN4O7S. The molecule has 11 nitrogen and oxygen atoms in total. The van der Waals surface area contributed by atoms with Crippen molar-refractivity contribution >= 4 is 44.5 Å². The fourth-order valence-electron chi connectivity index (χ4n) is 3.88. The number of halogens is 1. The highest BCUT2D eigenvalue weighted by Gasteiger charge is 2.27. The summed E-state index contributed by atoms with van der Waals surface area (Å²) in [5.74, 6) is -0.408. The predicted molar refractivity (Wildman–Crippen MR) is 137 cm³/mol. The van der Waals surface area contributed by atoms with E-state index < -0.39 is 26.4 Å². The van der Waals surface area contributed by atoms with Gasteiger partial charge in [-0.15, -0.1) is 0 Å². The number of esters is 1. The Balaban J connectivity index is 1.69. The first-order valence-corrected chi connectivity index (χ1v) is 13.5. The van der Waals surface area contributed by atoms with Crippen LogP contribution in [0.1, 0.15) is 45.5 Å². The van der Waals surface area contributed by atoms with Crippen LogP contribution in [0, 0.1) is 10.1 Å². The van der Waals surface area contributed by atoms with Crippen LogP contribution in [0.15, 0.2) is 47.0 Å². The molecule has 0 amide bonds. The Morgan fingerprint density at radius 3 is 2.41 bits per heavy atom. The second-order valence-electron chi connectivity index (χ2n) is 8.32. The van der Waals surface area contributed by atoms with Crippen molar-refractivity contribution in [1.29, 1.82) is 0 Å². The molecule has 0 radical (unpaired) electrons. The number of nitrogens with zero attached hydrogens (tertiary/aromatic N) is 4. The lowest BCUT2D eigenvalue weighted by atomic mass is 10.0. The number of methoxy groups -OCH3 is 1. The molecule has 3 aromatic rings. The second kappa shape index (κ2) is 10.7. The molecule has 194 valence electrons. The molecule has 1 fully saturated rings. The van der Waals surface area contributed by atoms with Crippen molar-refractivity contribution in [3.05, 3.63) is 74.4 Å². The molecule has 0 N–H and O–H groups in total. The summed E-state index contributed by atoms with van der Waals surface area (Å²) >= 11 is 6.61. The Kier molecular flexibility index (Phi) is 7.60. The average molecular weight is 547 g/mol. The molecule has 2 aromatic carbocycles. The number of hydrogen-bond acceptors (Lipinski definition) is 9. The Labute approximate surface area is 217 Å². The summed E-state index contributed by atoms with van der Waals surface area (Å²) in [7, 11) is 0.369. The molecule has 4 rings (SSSR count). The standard InChI is InChI=1S/C24H23ClN4O7S/c1-28-23(36-24(31)15-6-8-16(9-7-15)29(32)33)18(14-26-28)22(30)17-10-11-19(35-2)21(20(17)25)27-37(34)12-4-3-5-13-37/h6-11,14H,3-5,12-13H2,1-2H3. The summed E-state index contributed by atoms with van der Waals surface area (Å²) in [6.45, 7) is 0. The summed E-state index contributed by atoms with van der Waals surface area (Å²) in [5.41, 5.74) is -0.00303. The molecule has 0 aliphatic carbocycles. The van der Waals surface area contributed by atoms with Gasteiger partial charge in [0.1, 0.15) is 17.0 Å². The number of aryl methyl sites for hydroxylation is 1. The van der Waals surface area contributed by atoms with Gasteiger partial charge in [0.25, 0.3) is 5.69 Å². The van der Waals surface area contributed by atoms with Crippen LogP contribution in [0.25, 0.3) is 0 Å². The van der Waals surface area contributed by atoms with Crippen LogP contribution in [0.5, 0.6) is 11.6 Å². The summed E-state index contributed by atoms with van der Waals surface area (Å²) in [6, 6.07) is 7.81. The lowest BCUT2D eigenvalue weighted by Crippen LogP contribution is -2.16. The zero-order valence-electron chi connectivity index (χ0n) is 20.0. The third-order valence-electron chi connectivity index (χ3n) is 5.86. The van der Waals surface area contributed by atoms with E-state index in [1.807, 2.05) is 0 Å². The third kappa shape index (κ3) is 5.49. The summed E-state index contributed by atoms with van der Waals surface area (Å²) in [5, 5.41) is 14.9. The van der Waals surface area contributed by atoms with Crippen molar-refractivity contribution in [3.63, 3.8) is 0 Å². The van der Waals surface area contributed by atoms with Gasteiger partial charge in [-0.25, -0.2) is 13.7 Å². The van der Waals surface area contributed by atoms with Crippen molar-refractivity contribution < 1.29 is 28.2 Å². The van der Waals surface area contributed by atoms with Crippen molar-refractivity contribution in [1.82, 2.24) is 9.78 Å². The van der Waals surface area contributed by atoms with Gasteiger partial charge in [0, 0.05) is 36.2 Å². The van der Waals surface area contributed by atoms with E-state index >= 15 is 0 Å². The minimum atomic E-state index is -2.54. The van der Waals surface area contributed by atoms with E-state index in [0.717, 1.165) is 19.3 Å². The zero-order chi connectivity index (χ0) is 26.7. The van der Waals surface area contributed by atoms with E-state index in [2.05, 4.69) is 9.46 Å². The Morgan fingerprint density at radius 2 is 1.78 bits per heavy atom. The fraction of sp³-hybridized carbons (Fsp3) is 0.292. The van der Waals surface area contributed by atoms with Crippen LogP contribution < -0.4 is 9.47 Å². The topological polar surface area (TPSA) is 143 Å². The lowest BCUT2D eigenvalue weighted by Gasteiger charge is -2.17. The molecular weight excluding hydrogens is 524 g/mol. The molecule has 0 spiro atoms. The Morgan fingerprint density at radius 1 is 1.11 bits per heavy atom. The first-order valence-electron chi connectivity index (χ1n) is 11.3. The quantitative estimate of drug-likeness (QED) is 0.179. The molecule has 1 aliphatic heterocycles. The molecule has 1 saturated heterocycles. The van der Waals surface area contributed by atoms with Crippen LogP contribution in [0.2, 0.25) is 5.02 Å². The minimum Gasteiger partial charge on any atom is -0.494 e. The number of carbonyl (C=O) groups excluding carboxylic acids is 2. The maximum absolute atomic E-state index is 13.5. The van der Waals surface area contributed by atoms with Crippen molar-refractivity contribution in [2.75, 3.05) is 18.6 Å². The zero-order valence-corrected chi connectivity index (χ0v) is 21.6. The van der Waals surface area contributed by atoms with E-state index in [1.165, 1.54) is 61.4 Å². The number of nitro benzene ring substituents is 1. The highest BCUT2D eigenvalue weighted by Crippen LogP contribution is 2.40. The molecule has 0 bridgehead atoms. The van der Waals surface area contributed by atoms with E-state index in [4.69, 9.17) is 21.1 Å². The van der Waals surface area contributed by atoms with Gasteiger partial charge < -0.3 is 9.47 Å². The summed E-state index contributed by atoms with van der Waals surface area (Å²) in [6.07, 6.45) is 3.80. The molecule has 0 unspecified atom stereocenters. The van der Waals surface area contributed by atoms with Gasteiger partial charge in [0.2, 0.25) is 11.7 Å². The fourth-order valence-corrected chi connectivity index (χ4v) is 6.42. The average Bonchev–Trinajstić information content (AvgIpc) is 3.25.